The van der Waals surface area contributed by atoms with Crippen LogP contribution in [0.1, 0.15) is 35.8 Å². The molecule has 2 aliphatic heterocycles. The van der Waals surface area contributed by atoms with Gasteiger partial charge in [-0.1, -0.05) is 109 Å². The molecule has 17 heteroatoms. The molecule has 59 heavy (non-hydrogen) atoms. The Morgan fingerprint density at radius 1 is 0.814 bits per heavy atom. The minimum absolute atomic E-state index is 0.0586. The molecular weight excluding hydrogens is 804 g/mol. The molecule has 2 fully saturated rings. The van der Waals surface area contributed by atoms with Crippen LogP contribution in [0.2, 0.25) is 0 Å². The van der Waals surface area contributed by atoms with Gasteiger partial charge in [0.25, 0.3) is 0 Å². The molecule has 0 saturated carbocycles. The number of halogens is 4. The summed E-state index contributed by atoms with van der Waals surface area (Å²) in [5, 5.41) is 5.35. The lowest BCUT2D eigenvalue weighted by Gasteiger charge is -2.50. The summed E-state index contributed by atoms with van der Waals surface area (Å²) in [6, 6.07) is 39.5. The summed E-state index contributed by atoms with van der Waals surface area (Å²) >= 11 is 6.66. The molecule has 0 radical (unpaired) electrons. The Bertz CT molecular complexity index is 2290. The normalized spacial score (nSPS) is 19.6. The fraction of sp³-hybridized carbons (Fsp3) is 0.286. The van der Waals surface area contributed by atoms with Gasteiger partial charge in [0, 0.05) is 37.9 Å². The topological polar surface area (TPSA) is 127 Å². The number of imidazole rings is 1. The zero-order valence-electron chi connectivity index (χ0n) is 31.7. The Morgan fingerprint density at radius 3 is 1.93 bits per heavy atom. The van der Waals surface area contributed by atoms with Crippen molar-refractivity contribution in [2.75, 3.05) is 38.1 Å². The van der Waals surface area contributed by atoms with Crippen molar-refractivity contribution in [2.45, 2.75) is 42.9 Å². The molecule has 2 N–H and O–H groups in total. The minimum Gasteiger partial charge on any atom is -0.350 e. The standard InChI is InChI=1S/C42H41ClF3N8O4P/c43-59(56,53-23-21-34(22-24-53)51-40(55)42(44,45)46)57-27-35-25-52(41(30-13-5-1-6-14-30,31-15-7-2-8-16-31)32-17-9-3-10-18-32)26-36(58-35)54-29-49-37-38(47-28-48-39(37)54)50-33-19-11-4-12-20-33/h1-20,28-29,34-36H,21-27H2,(H,51,55)(H,47,48,50)/t35-,36+,59?/m0/s1. The van der Waals surface area contributed by atoms with Crippen LogP contribution < -0.4 is 10.6 Å². The number of nitrogens with one attached hydrogen (secondary N) is 2. The number of nitrogens with zero attached hydrogens (tertiary/aromatic N) is 6. The predicted molar refractivity (Wildman–Crippen MR) is 218 cm³/mol. The average Bonchev–Trinajstić information content (AvgIpc) is 3.70. The van der Waals surface area contributed by atoms with E-state index in [4.69, 9.17) is 25.5 Å². The molecule has 4 heterocycles. The lowest BCUT2D eigenvalue weighted by molar-refractivity contribution is -0.174. The number of anilines is 2. The van der Waals surface area contributed by atoms with E-state index in [1.54, 1.807) is 6.33 Å². The lowest BCUT2D eigenvalue weighted by atomic mass is 9.75. The number of carbonyl (C=O) groups is 1. The molecule has 2 aliphatic rings. The molecule has 1 unspecified atom stereocenters. The number of hydrogen-bond donors (Lipinski definition) is 2. The van der Waals surface area contributed by atoms with E-state index in [0.29, 0.717) is 30.1 Å². The van der Waals surface area contributed by atoms with Crippen molar-refractivity contribution >= 4 is 46.7 Å². The third-order valence-electron chi connectivity index (χ3n) is 10.7. The summed E-state index contributed by atoms with van der Waals surface area (Å²) in [6.45, 7) is -3.41. The highest BCUT2D eigenvalue weighted by Gasteiger charge is 2.47. The molecule has 1 amide bonds. The first-order chi connectivity index (χ1) is 28.5. The number of benzene rings is 4. The smallest absolute Gasteiger partial charge is 0.350 e. The molecule has 0 bridgehead atoms. The molecule has 3 atom stereocenters. The maximum Gasteiger partial charge on any atom is 0.471 e. The number of alkyl halides is 3. The third-order valence-corrected chi connectivity index (χ3v) is 13.2. The van der Waals surface area contributed by atoms with Gasteiger partial charge in [-0.3, -0.25) is 18.8 Å². The second kappa shape index (κ2) is 17.2. The van der Waals surface area contributed by atoms with Gasteiger partial charge >= 0.3 is 19.0 Å². The summed E-state index contributed by atoms with van der Waals surface area (Å²) in [5.74, 6) is -1.49. The number of carbonyl (C=O) groups excluding carboxylic acids is 1. The second-order valence-electron chi connectivity index (χ2n) is 14.4. The highest BCUT2D eigenvalue weighted by Crippen LogP contribution is 2.57. The first-order valence-electron chi connectivity index (χ1n) is 19.2. The highest BCUT2D eigenvalue weighted by atomic mass is 35.7. The molecule has 0 aliphatic carbocycles. The van der Waals surface area contributed by atoms with Crippen molar-refractivity contribution in [3.63, 3.8) is 0 Å². The van der Waals surface area contributed by atoms with Crippen molar-refractivity contribution in [2.24, 2.45) is 0 Å². The van der Waals surface area contributed by atoms with Gasteiger partial charge in [0.05, 0.1) is 24.6 Å². The van der Waals surface area contributed by atoms with Crippen molar-refractivity contribution in [1.29, 1.82) is 0 Å². The van der Waals surface area contributed by atoms with Crippen molar-refractivity contribution in [3.05, 3.63) is 151 Å². The maximum atomic E-state index is 14.0. The number of ether oxygens (including phenoxy) is 1. The second-order valence-corrected chi connectivity index (χ2v) is 17.4. The molecule has 0 spiro atoms. The van der Waals surface area contributed by atoms with E-state index < -0.39 is 42.9 Å². The summed E-state index contributed by atoms with van der Waals surface area (Å²) in [4.78, 5) is 27.8. The summed E-state index contributed by atoms with van der Waals surface area (Å²) in [6.07, 6.45) is -3.03. The quantitative estimate of drug-likeness (QED) is 0.0919. The predicted octanol–water partition coefficient (Wildman–Crippen LogP) is 8.27. The zero-order valence-corrected chi connectivity index (χ0v) is 33.3. The Labute approximate surface area is 343 Å². The van der Waals surface area contributed by atoms with Crippen LogP contribution in [0.4, 0.5) is 24.7 Å². The Balaban J connectivity index is 1.14. The number of aromatic nitrogens is 4. The number of morpholine rings is 1. The van der Waals surface area contributed by atoms with Crippen LogP contribution >= 0.6 is 18.1 Å². The van der Waals surface area contributed by atoms with Crippen LogP contribution in [-0.4, -0.2) is 86.1 Å². The molecule has 8 rings (SSSR count). The minimum atomic E-state index is -5.00. The zero-order chi connectivity index (χ0) is 41.0. The summed E-state index contributed by atoms with van der Waals surface area (Å²) in [5.41, 5.74) is 4.06. The van der Waals surface area contributed by atoms with E-state index in [1.807, 2.05) is 94.8 Å². The van der Waals surface area contributed by atoms with Gasteiger partial charge in [0.15, 0.2) is 17.0 Å². The third kappa shape index (κ3) is 8.63. The van der Waals surface area contributed by atoms with Crippen LogP contribution in [0, 0.1) is 0 Å². The van der Waals surface area contributed by atoms with Crippen LogP contribution in [0.25, 0.3) is 11.2 Å². The molecule has 12 nitrogen and oxygen atoms in total. The average molecular weight is 845 g/mol. The van der Waals surface area contributed by atoms with Crippen LogP contribution in [0.3, 0.4) is 0 Å². The Morgan fingerprint density at radius 2 is 1.37 bits per heavy atom. The molecular formula is C42H41ClF3N8O4P. The van der Waals surface area contributed by atoms with E-state index in [9.17, 15) is 22.5 Å². The lowest BCUT2D eigenvalue weighted by Crippen LogP contribution is -2.57. The summed E-state index contributed by atoms with van der Waals surface area (Å²) in [7, 11) is 0. The van der Waals surface area contributed by atoms with Gasteiger partial charge in [0.1, 0.15) is 12.6 Å². The number of piperidine rings is 1. The van der Waals surface area contributed by atoms with E-state index in [-0.39, 0.29) is 32.5 Å². The number of fused-ring (bicyclic) bond motifs is 1. The van der Waals surface area contributed by atoms with Crippen LogP contribution in [-0.2, 0) is 24.2 Å². The highest BCUT2D eigenvalue weighted by molar-refractivity contribution is 7.83. The van der Waals surface area contributed by atoms with Gasteiger partial charge in [0.2, 0.25) is 0 Å². The SMILES string of the molecule is O=C(NC1CCN(P(=O)(Cl)OC[C@@H]2CN(C(c3ccccc3)(c3ccccc3)c3ccccc3)C[C@H](n3cnc4c(Nc5ccccc5)ncnc43)O2)CC1)C(F)(F)F. The van der Waals surface area contributed by atoms with Crippen molar-refractivity contribution < 1.29 is 31.8 Å². The van der Waals surface area contributed by atoms with Gasteiger partial charge in [-0.25, -0.2) is 19.6 Å². The Kier molecular flexibility index (Phi) is 11.9. The van der Waals surface area contributed by atoms with Gasteiger partial charge in [-0.15, -0.1) is 0 Å². The van der Waals surface area contributed by atoms with E-state index in [1.165, 1.54) is 11.0 Å². The van der Waals surface area contributed by atoms with Crippen LogP contribution in [0.5, 0.6) is 0 Å². The molecule has 306 valence electrons. The number of para-hydroxylation sites is 1. The van der Waals surface area contributed by atoms with Crippen molar-refractivity contribution in [1.82, 2.24) is 34.4 Å². The first-order valence-corrected chi connectivity index (χ1v) is 21.6. The number of rotatable bonds is 12. The van der Waals surface area contributed by atoms with Gasteiger partial charge < -0.3 is 19.9 Å². The van der Waals surface area contributed by atoms with Crippen molar-refractivity contribution in [3.8, 4) is 0 Å². The van der Waals surface area contributed by atoms with Gasteiger partial charge in [-0.2, -0.15) is 13.2 Å². The number of hydrogen-bond acceptors (Lipinski definition) is 9. The fourth-order valence-corrected chi connectivity index (χ4v) is 9.85. The Hall–Kier alpha value is -5.15. The van der Waals surface area contributed by atoms with E-state index in [0.717, 1.165) is 22.4 Å². The molecule has 6 aromatic rings. The monoisotopic (exact) mass is 844 g/mol. The van der Waals surface area contributed by atoms with E-state index in [2.05, 4.69) is 56.6 Å². The first kappa shape index (κ1) is 40.6. The molecule has 4 aromatic carbocycles. The fourth-order valence-electron chi connectivity index (χ4n) is 8.01. The van der Waals surface area contributed by atoms with Crippen LogP contribution in [0.15, 0.2) is 134 Å². The maximum absolute atomic E-state index is 14.0. The molecule has 2 saturated heterocycles. The summed E-state index contributed by atoms with van der Waals surface area (Å²) < 4.78 is 68.9. The van der Waals surface area contributed by atoms with E-state index >= 15 is 0 Å². The largest absolute Gasteiger partial charge is 0.471 e. The molecule has 2 aromatic heterocycles. The van der Waals surface area contributed by atoms with Gasteiger partial charge in [-0.05, 0) is 52.9 Å². The number of amides is 1.